The normalized spacial score (nSPS) is 12.4. The van der Waals surface area contributed by atoms with E-state index in [9.17, 15) is 0 Å². The van der Waals surface area contributed by atoms with Crippen molar-refractivity contribution in [2.75, 3.05) is 46.9 Å². The van der Waals surface area contributed by atoms with Gasteiger partial charge in [-0.2, -0.15) is 0 Å². The molecule has 0 radical (unpaired) electrons. The standard InChI is InChI=1S/C22H48NO.C4H8N4S.NO3/c1-4-5-6-7-8-9-10-11-12-13-14-15-16-17-18-19-20-23(2,3)21-22-24;5-4(9)7-8-2-1-6-3-8;2-1(3)4/h24H,4-22H2,1-3H3;3H,1-2H2,(H3,5,7,9);/q+1;;-1. The largest absolute Gasteiger partial charge is 0.391 e. The molecule has 0 spiro atoms. The predicted molar refractivity (Wildman–Crippen MR) is 159 cm³/mol. The third-order valence-electron chi connectivity index (χ3n) is 6.27. The van der Waals surface area contributed by atoms with Gasteiger partial charge in [0.1, 0.15) is 12.9 Å². The van der Waals surface area contributed by atoms with Crippen LogP contribution in [0, 0.1) is 15.3 Å². The maximum Gasteiger partial charge on any atom is 0.182 e. The summed E-state index contributed by atoms with van der Waals surface area (Å²) in [5.74, 6) is 0. The Labute approximate surface area is 231 Å². The molecule has 0 saturated carbocycles. The number of hydrogen-bond acceptors (Lipinski definition) is 7. The topological polar surface area (TPSA) is 140 Å². The number of hydrogen-bond donors (Lipinski definition) is 3. The molecule has 0 aliphatic carbocycles. The first-order valence-electron chi connectivity index (χ1n) is 14.2. The van der Waals surface area contributed by atoms with Gasteiger partial charge in [0.05, 0.1) is 45.4 Å². The lowest BCUT2D eigenvalue weighted by Crippen LogP contribution is -2.42. The van der Waals surface area contributed by atoms with Gasteiger partial charge in [0.2, 0.25) is 0 Å². The van der Waals surface area contributed by atoms with Crippen molar-refractivity contribution in [2.24, 2.45) is 10.7 Å². The zero-order chi connectivity index (χ0) is 28.2. The molecule has 37 heavy (non-hydrogen) atoms. The third kappa shape index (κ3) is 34.3. The Morgan fingerprint density at radius 2 is 1.35 bits per heavy atom. The zero-order valence-corrected chi connectivity index (χ0v) is 24.7. The van der Waals surface area contributed by atoms with Crippen molar-refractivity contribution in [3.8, 4) is 0 Å². The van der Waals surface area contributed by atoms with Crippen molar-refractivity contribution in [3.05, 3.63) is 15.3 Å². The summed E-state index contributed by atoms with van der Waals surface area (Å²) < 4.78 is 0.967. The van der Waals surface area contributed by atoms with Crippen molar-refractivity contribution in [2.45, 2.75) is 110 Å². The highest BCUT2D eigenvalue weighted by molar-refractivity contribution is 7.80. The molecule has 0 aromatic heterocycles. The van der Waals surface area contributed by atoms with Crippen LogP contribution in [0.15, 0.2) is 4.99 Å². The average molecular weight is 549 g/mol. The molecule has 1 aliphatic heterocycles. The lowest BCUT2D eigenvalue weighted by Gasteiger charge is -2.28. The Hall–Kier alpha value is -1.72. The summed E-state index contributed by atoms with van der Waals surface area (Å²) in [4.78, 5) is 12.2. The zero-order valence-electron chi connectivity index (χ0n) is 23.9. The number of hydrazine groups is 1. The van der Waals surface area contributed by atoms with Gasteiger partial charge in [-0.1, -0.05) is 96.8 Å². The van der Waals surface area contributed by atoms with Crippen LogP contribution in [0.1, 0.15) is 110 Å². The molecule has 1 aliphatic rings. The molecule has 0 atom stereocenters. The molecule has 0 saturated heterocycles. The Balaban J connectivity index is 0. The van der Waals surface area contributed by atoms with Crippen LogP contribution in [0.3, 0.4) is 0 Å². The van der Waals surface area contributed by atoms with E-state index in [0.717, 1.165) is 24.1 Å². The first kappa shape index (κ1) is 37.4. The number of nitrogens with two attached hydrogens (primary N) is 1. The fraction of sp³-hybridized carbons (Fsp3) is 0.923. The lowest BCUT2D eigenvalue weighted by atomic mass is 10.0. The molecule has 0 aromatic carbocycles. The average Bonchev–Trinajstić information content (AvgIpc) is 3.31. The van der Waals surface area contributed by atoms with Crippen molar-refractivity contribution in [1.82, 2.24) is 10.4 Å². The van der Waals surface area contributed by atoms with Crippen molar-refractivity contribution in [3.63, 3.8) is 0 Å². The third-order valence-corrected chi connectivity index (χ3v) is 6.36. The fourth-order valence-corrected chi connectivity index (χ4v) is 4.19. The molecule has 0 unspecified atom stereocenters. The number of aliphatic hydroxyl groups excluding tert-OH is 1. The Morgan fingerprint density at radius 1 is 0.946 bits per heavy atom. The van der Waals surface area contributed by atoms with Crippen LogP contribution >= 0.6 is 12.2 Å². The van der Waals surface area contributed by atoms with Crippen molar-refractivity contribution < 1.29 is 14.7 Å². The quantitative estimate of drug-likeness (QED) is 0.0623. The summed E-state index contributed by atoms with van der Waals surface area (Å²) >= 11 is 4.60. The van der Waals surface area contributed by atoms with Gasteiger partial charge in [-0.25, -0.2) is 0 Å². The maximum atomic E-state index is 9.02. The van der Waals surface area contributed by atoms with E-state index in [1.807, 2.05) is 0 Å². The smallest absolute Gasteiger partial charge is 0.182 e. The molecular weight excluding hydrogens is 492 g/mol. The molecule has 1 heterocycles. The van der Waals surface area contributed by atoms with Crippen LogP contribution in [-0.2, 0) is 0 Å². The van der Waals surface area contributed by atoms with Crippen molar-refractivity contribution in [1.29, 1.82) is 0 Å². The van der Waals surface area contributed by atoms with Crippen molar-refractivity contribution >= 4 is 23.7 Å². The first-order valence-corrected chi connectivity index (χ1v) is 14.6. The monoisotopic (exact) mass is 548 g/mol. The van der Waals surface area contributed by atoms with E-state index in [-0.39, 0.29) is 5.11 Å². The minimum absolute atomic E-state index is 0.281. The summed E-state index contributed by atoms with van der Waals surface area (Å²) in [7, 11) is 4.45. The van der Waals surface area contributed by atoms with Gasteiger partial charge in [-0.05, 0) is 25.1 Å². The van der Waals surface area contributed by atoms with Gasteiger partial charge in [-0.3, -0.25) is 15.4 Å². The number of nitrogens with one attached hydrogen (secondary N) is 1. The van der Waals surface area contributed by atoms with Gasteiger partial charge < -0.3 is 30.6 Å². The molecular formula is C26H56N6O4S. The number of quaternary nitrogens is 1. The summed E-state index contributed by atoms with van der Waals surface area (Å²) in [5, 5.41) is 25.8. The highest BCUT2D eigenvalue weighted by Crippen LogP contribution is 2.14. The van der Waals surface area contributed by atoms with Gasteiger partial charge in [0.25, 0.3) is 0 Å². The molecule has 10 nitrogen and oxygen atoms in total. The molecule has 0 fully saturated rings. The number of nitrogens with zero attached hydrogens (tertiary/aromatic N) is 4. The van der Waals surface area contributed by atoms with E-state index in [0.29, 0.717) is 6.61 Å². The van der Waals surface area contributed by atoms with Crippen LogP contribution in [-0.4, -0.2) is 78.0 Å². The van der Waals surface area contributed by atoms with Crippen LogP contribution in [0.5, 0.6) is 0 Å². The van der Waals surface area contributed by atoms with Crippen LogP contribution in [0.2, 0.25) is 0 Å². The maximum absolute atomic E-state index is 9.02. The van der Waals surface area contributed by atoms with Gasteiger partial charge in [0.15, 0.2) is 5.11 Å². The van der Waals surface area contributed by atoms with E-state index in [1.54, 1.807) is 11.3 Å². The second kappa shape index (κ2) is 27.3. The number of thiocarbonyl (C=S) groups is 1. The second-order valence-electron chi connectivity index (χ2n) is 10.3. The Morgan fingerprint density at radius 3 is 1.68 bits per heavy atom. The van der Waals surface area contributed by atoms with E-state index in [4.69, 9.17) is 26.2 Å². The van der Waals surface area contributed by atoms with E-state index in [2.05, 4.69) is 43.7 Å². The molecule has 4 N–H and O–H groups in total. The molecule has 220 valence electrons. The number of aliphatic hydroxyl groups is 1. The van der Waals surface area contributed by atoms with E-state index in [1.165, 1.54) is 109 Å². The molecule has 0 aromatic rings. The number of rotatable bonds is 20. The predicted octanol–water partition coefficient (Wildman–Crippen LogP) is 5.16. The Kier molecular flexibility index (Phi) is 27.6. The van der Waals surface area contributed by atoms with Crippen LogP contribution in [0.4, 0.5) is 0 Å². The number of unbranched alkanes of at least 4 members (excludes halogenated alkanes) is 15. The van der Waals surface area contributed by atoms with Crippen LogP contribution in [0.25, 0.3) is 0 Å². The summed E-state index contributed by atoms with van der Waals surface area (Å²) in [5.41, 5.74) is 7.92. The van der Waals surface area contributed by atoms with E-state index < -0.39 is 5.09 Å². The molecule has 0 bridgehead atoms. The lowest BCUT2D eigenvalue weighted by molar-refractivity contribution is -0.890. The van der Waals surface area contributed by atoms with Gasteiger partial charge in [0, 0.05) is 0 Å². The molecule has 11 heteroatoms. The highest BCUT2D eigenvalue weighted by atomic mass is 32.1. The Bertz CT molecular complexity index is 563. The second-order valence-corrected chi connectivity index (χ2v) is 10.8. The molecule has 1 rings (SSSR count). The fourth-order valence-electron chi connectivity index (χ4n) is 4.08. The minimum atomic E-state index is -1.75. The molecule has 0 amide bonds. The first-order chi connectivity index (χ1) is 17.6. The number of aliphatic imine (C=N–C) groups is 1. The van der Waals surface area contributed by atoms with Gasteiger partial charge >= 0.3 is 0 Å². The van der Waals surface area contributed by atoms with Crippen LogP contribution < -0.4 is 11.2 Å². The summed E-state index contributed by atoms with van der Waals surface area (Å²) in [6, 6.07) is 0. The summed E-state index contributed by atoms with van der Waals surface area (Å²) in [6.45, 7) is 6.36. The SMILES string of the molecule is CCCCCCCCCCCCCCCCCC[N+](C)(C)CCO.NC(=S)NN1C=NCC1.O=[N+]([O-])[O-]. The number of likely N-dealkylation sites (N-methyl/N-ethyl adjacent to an activating group) is 1. The minimum Gasteiger partial charge on any atom is -0.391 e. The summed E-state index contributed by atoms with van der Waals surface area (Å²) in [6.07, 6.45) is 24.5. The van der Waals surface area contributed by atoms with Gasteiger partial charge in [-0.15, -0.1) is 0 Å². The highest BCUT2D eigenvalue weighted by Gasteiger charge is 2.12. The van der Waals surface area contributed by atoms with E-state index >= 15 is 0 Å².